The second-order valence-corrected chi connectivity index (χ2v) is 34.8. The molecular weight excluding hydrogens is 910 g/mol. The maximum atomic E-state index is 11.3. The average Bonchev–Trinajstić information content (AvgIpc) is 3.04. The van der Waals surface area contributed by atoms with Crippen LogP contribution in [-0.2, 0) is 29.8 Å². The Morgan fingerprint density at radius 3 is 1.22 bits per heavy atom. The molecule has 0 aromatic carbocycles. The molecule has 4 saturated carbocycles. The molecule has 4 rings (SSSR count). The number of halogens is 6. The molecule has 0 amide bonds. The van der Waals surface area contributed by atoms with E-state index in [1.807, 2.05) is 13.8 Å². The molecule has 0 bridgehead atoms. The fourth-order valence-electron chi connectivity index (χ4n) is 5.92. The maximum absolute atomic E-state index is 11.3. The fraction of sp³-hybridized carbons (Fsp3) is 1.00. The Morgan fingerprint density at radius 2 is 0.926 bits per heavy atom. The second kappa shape index (κ2) is 31.3. The fourth-order valence-corrected chi connectivity index (χ4v) is 8.72. The monoisotopic (exact) mass is 973 g/mol. The molecular formula is C30H66Cl6N7O7PS3. The number of rotatable bonds is 10. The van der Waals surface area contributed by atoms with Gasteiger partial charge in [-0.05, 0) is 64.8 Å². The third kappa shape index (κ3) is 46.1. The van der Waals surface area contributed by atoms with Gasteiger partial charge < -0.3 is 5.73 Å². The minimum Gasteiger partial charge on any atom is -0.273 e. The van der Waals surface area contributed by atoms with E-state index < -0.39 is 33.1 Å². The molecule has 4 fully saturated rings. The normalized spacial score (nSPS) is 20.4. The Kier molecular flexibility index (Phi) is 33.3. The van der Waals surface area contributed by atoms with Gasteiger partial charge in [0.05, 0.1) is 12.6 Å². The molecule has 0 aliphatic heterocycles. The van der Waals surface area contributed by atoms with Crippen LogP contribution in [0.5, 0.6) is 0 Å². The van der Waals surface area contributed by atoms with E-state index >= 15 is 0 Å². The molecule has 24 heteroatoms. The third-order valence-corrected chi connectivity index (χ3v) is 10.9. The predicted octanol–water partition coefficient (Wildman–Crippen LogP) is 9.93. The Morgan fingerprint density at radius 1 is 0.611 bits per heavy atom. The number of nitrogens with zero attached hydrogens (tertiary/aromatic N) is 2. The van der Waals surface area contributed by atoms with Crippen molar-refractivity contribution in [2.24, 2.45) is 16.0 Å². The summed E-state index contributed by atoms with van der Waals surface area (Å²) in [5, 5.41) is 8.25. The molecule has 0 saturated heterocycles. The molecule has 0 unspecified atom stereocenters. The Hall–Kier alpha value is 1.38. The van der Waals surface area contributed by atoms with Crippen molar-refractivity contribution >= 4 is 100 Å². The summed E-state index contributed by atoms with van der Waals surface area (Å²) in [6, 6.07) is 0.747. The molecule has 0 atom stereocenters. The van der Waals surface area contributed by atoms with Crippen LogP contribution in [0.15, 0.2) is 10.2 Å². The van der Waals surface area contributed by atoms with Gasteiger partial charge in [0.2, 0.25) is 0 Å². The number of azo groups is 1. The van der Waals surface area contributed by atoms with Gasteiger partial charge in [0.1, 0.15) is 0 Å². The van der Waals surface area contributed by atoms with Gasteiger partial charge in [-0.15, -0.1) is 0 Å². The Balaban J connectivity index is 0. The number of nitrogens with one attached hydrogen (secondary N) is 4. The summed E-state index contributed by atoms with van der Waals surface area (Å²) < 4.78 is 78.8. The predicted molar refractivity (Wildman–Crippen MR) is 232 cm³/mol. The largest absolute Gasteiger partial charge is 0.333 e. The molecule has 0 spiro atoms. The van der Waals surface area contributed by atoms with Crippen LogP contribution in [0.3, 0.4) is 0 Å². The van der Waals surface area contributed by atoms with Gasteiger partial charge in [-0.25, -0.2) is 4.72 Å². The minimum atomic E-state index is -3.97. The van der Waals surface area contributed by atoms with Gasteiger partial charge in [-0.3, -0.25) is 4.55 Å². The molecule has 4 aliphatic carbocycles. The summed E-state index contributed by atoms with van der Waals surface area (Å²) in [5.74, 6) is 0. The number of hydrogen-bond acceptors (Lipinski definition) is 9. The van der Waals surface area contributed by atoms with Crippen molar-refractivity contribution in [1.82, 2.24) is 18.9 Å². The van der Waals surface area contributed by atoms with Crippen molar-refractivity contribution in [2.75, 3.05) is 19.6 Å². The first-order chi connectivity index (χ1) is 24.9. The molecule has 4 aliphatic rings. The summed E-state index contributed by atoms with van der Waals surface area (Å²) >= 11 is 24.9. The van der Waals surface area contributed by atoms with Crippen molar-refractivity contribution in [3.8, 4) is 0 Å². The van der Waals surface area contributed by atoms with Crippen LogP contribution in [0.4, 0.5) is 0 Å². The number of hydrogen-bond donors (Lipinski definition) is 6. The van der Waals surface area contributed by atoms with E-state index in [9.17, 15) is 25.3 Å². The van der Waals surface area contributed by atoms with E-state index in [4.69, 9.17) is 77.2 Å². The Labute approximate surface area is 355 Å². The molecule has 54 heavy (non-hydrogen) atoms. The summed E-state index contributed by atoms with van der Waals surface area (Å²) in [4.78, 5) is 0. The van der Waals surface area contributed by atoms with E-state index in [1.54, 1.807) is 6.92 Å². The maximum Gasteiger partial charge on any atom is 0.333 e. The van der Waals surface area contributed by atoms with Crippen molar-refractivity contribution in [3.63, 3.8) is 0 Å². The van der Waals surface area contributed by atoms with Crippen LogP contribution in [0.1, 0.15) is 149 Å². The molecule has 0 heterocycles. The summed E-state index contributed by atoms with van der Waals surface area (Å²) in [6.07, 6.45) is 22.3. The van der Waals surface area contributed by atoms with Crippen molar-refractivity contribution in [3.05, 3.63) is 0 Å². The van der Waals surface area contributed by atoms with E-state index in [1.165, 1.54) is 51.4 Å². The SMILES string of the molecule is CCN.CCN=NC1CCCCC1.CCNS(=O)(=O)NC1CCCCC1.ClP(Cl)(Cl)(Cl)Cl.O=S(=O)(Cl)NC1CCCCC1.O=S(=O)(O)NC1CCCCC1. The first-order valence-corrected chi connectivity index (χ1v) is 30.8. The van der Waals surface area contributed by atoms with Gasteiger partial charge in [0.15, 0.2) is 0 Å². The Bertz CT molecular complexity index is 1230. The van der Waals surface area contributed by atoms with Gasteiger partial charge in [-0.1, -0.05) is 90.9 Å². The molecule has 0 aromatic heterocycles. The van der Waals surface area contributed by atoms with Crippen LogP contribution < -0.4 is 24.6 Å². The minimum absolute atomic E-state index is 0.0428. The van der Waals surface area contributed by atoms with Crippen LogP contribution in [0.2, 0.25) is 0 Å². The molecule has 328 valence electrons. The van der Waals surface area contributed by atoms with Crippen LogP contribution in [0.25, 0.3) is 0 Å². The zero-order chi connectivity index (χ0) is 41.8. The topological polar surface area (TPSA) is 222 Å². The molecule has 14 nitrogen and oxygen atoms in total. The van der Waals surface area contributed by atoms with E-state index in [0.29, 0.717) is 12.6 Å². The zero-order valence-corrected chi connectivity index (χ0v) is 39.8. The van der Waals surface area contributed by atoms with Crippen molar-refractivity contribution in [1.29, 1.82) is 0 Å². The quantitative estimate of drug-likeness (QED) is 0.0534. The third-order valence-electron chi connectivity index (χ3n) is 8.06. The van der Waals surface area contributed by atoms with Crippen LogP contribution in [0, 0.1) is 0 Å². The second-order valence-electron chi connectivity index (χ2n) is 13.2. The molecule has 0 radical (unpaired) electrons. The first-order valence-electron chi connectivity index (χ1n) is 18.8. The van der Waals surface area contributed by atoms with Crippen LogP contribution in [-0.4, -0.2) is 73.6 Å². The molecule has 7 N–H and O–H groups in total. The summed E-state index contributed by atoms with van der Waals surface area (Å²) in [7, 11) is -5.68. The van der Waals surface area contributed by atoms with Crippen molar-refractivity contribution in [2.45, 2.75) is 173 Å². The van der Waals surface area contributed by atoms with Gasteiger partial charge >= 0.3 is 69.9 Å². The number of nitrogens with two attached hydrogens (primary N) is 1. The standard InChI is InChI=1S/C8H18N2O2S.C8H16N2.C6H12ClNO2S.C6H13NO3S.C2H7N.Cl5P/c1-2-9-13(11,12)10-8-6-4-3-5-7-8;1-2-9-10-8-6-4-3-5-7-8;7-11(9,10)8-6-4-2-1-3-5-6;8-11(9,10)7-6-4-2-1-3-5-6;1-2-3;1-6(2,3,4)5/h8-10H,2-7H2,1H3;8H,2-7H2,1H3;6,8H,1-5H2;6-7H,1-5H2,(H,8,9,10);2-3H2,1H3;. The van der Waals surface area contributed by atoms with Gasteiger partial charge in [-0.2, -0.15) is 49.6 Å². The molecule has 0 aromatic rings. The average molecular weight is 977 g/mol. The van der Waals surface area contributed by atoms with Crippen LogP contribution >= 0.6 is 70.3 Å². The van der Waals surface area contributed by atoms with Crippen molar-refractivity contribution < 1.29 is 29.8 Å². The smallest absolute Gasteiger partial charge is 0.273 e. The summed E-state index contributed by atoms with van der Waals surface area (Å²) in [6.45, 7) is 7.75. The summed E-state index contributed by atoms with van der Waals surface area (Å²) in [5.41, 5.74) is 4.85. The van der Waals surface area contributed by atoms with Gasteiger partial charge in [0.25, 0.3) is 19.4 Å². The van der Waals surface area contributed by atoms with E-state index in [0.717, 1.165) is 90.1 Å². The first kappa shape index (κ1) is 57.5. The zero-order valence-electron chi connectivity index (χ0n) is 31.9. The van der Waals surface area contributed by atoms with E-state index in [-0.39, 0.29) is 18.1 Å². The van der Waals surface area contributed by atoms with Gasteiger partial charge in [0, 0.05) is 35.4 Å². The van der Waals surface area contributed by atoms with E-state index in [2.05, 4.69) is 29.1 Å².